The first-order valence-electron chi connectivity index (χ1n) is 16.2. The average molecular weight is 910 g/mol. The van der Waals surface area contributed by atoms with Gasteiger partial charge < -0.3 is 40.1 Å². The zero-order chi connectivity index (χ0) is 44.6. The number of aromatic hydroxyl groups is 3. The van der Waals surface area contributed by atoms with Gasteiger partial charge in [-0.1, -0.05) is 5.04 Å². The number of carboxylic acids is 1. The van der Waals surface area contributed by atoms with Crippen LogP contribution in [0.3, 0.4) is 0 Å². The highest BCUT2D eigenvalue weighted by Crippen LogP contribution is 2.49. The summed E-state index contributed by atoms with van der Waals surface area (Å²) in [5, 5.41) is 95.1. The summed E-state index contributed by atoms with van der Waals surface area (Å²) in [7, 11) is -9.92. The lowest BCUT2D eigenvalue weighted by Crippen LogP contribution is -2.09. The van der Waals surface area contributed by atoms with Crippen LogP contribution in [0, 0.1) is 0 Å². The van der Waals surface area contributed by atoms with Crippen LogP contribution in [0.25, 0.3) is 10.8 Å². The third-order valence-electron chi connectivity index (χ3n) is 7.53. The van der Waals surface area contributed by atoms with E-state index in [1.807, 2.05) is 4.98 Å². The van der Waals surface area contributed by atoms with Gasteiger partial charge in [0, 0.05) is 24.3 Å². The first kappa shape index (κ1) is 45.4. The zero-order valence-corrected chi connectivity index (χ0v) is 32.5. The fourth-order valence-corrected chi connectivity index (χ4v) is 6.69. The summed E-state index contributed by atoms with van der Waals surface area (Å²) in [6.45, 7) is -1.80. The first-order valence-corrected chi connectivity index (χ1v) is 19.8. The summed E-state index contributed by atoms with van der Waals surface area (Å²) in [5.74, 6) is -4.67. The molecule has 322 valence electrons. The number of benzene rings is 4. The van der Waals surface area contributed by atoms with Gasteiger partial charge in [-0.25, -0.2) is 10.1 Å². The van der Waals surface area contributed by atoms with Crippen molar-refractivity contribution in [3.05, 3.63) is 70.5 Å². The molecule has 29 heteroatoms. The van der Waals surface area contributed by atoms with E-state index in [4.69, 9.17) is 14.7 Å². The number of aliphatic hydroxyl groups excluding tert-OH is 2. The molecular weight excluding hydrogens is 883 g/mol. The van der Waals surface area contributed by atoms with E-state index >= 15 is 0 Å². The predicted octanol–water partition coefficient (Wildman–Crippen LogP) is 5.25. The van der Waals surface area contributed by atoms with Crippen molar-refractivity contribution in [1.82, 2.24) is 4.98 Å². The van der Waals surface area contributed by atoms with Crippen LogP contribution in [-0.4, -0.2) is 99.2 Å². The molecule has 61 heavy (non-hydrogen) atoms. The Morgan fingerprint density at radius 3 is 1.92 bits per heavy atom. The number of nitrogens with zero attached hydrogens (tertiary/aromatic N) is 6. The standard InChI is InChI=1S/C32H27N7O19S3/c40-3-5-55-22-13-20(37-39-29-24(59-58-57-48)8-14-7-16(60(49,50)51)10-21(42)27(14)30(29)44)23(56-6-4-41)12-19(22)36-35-18-2-1-15(9-25(18)61(52,53)54)34-38-28-17(32(46)47)11-26(43)33-31(28)45/h1-2,7-13,40-42,44,48H,3-6H2,(H,46,47)(H2,33,43,45)(H,49,50,51)(H,52,53,54). The summed E-state index contributed by atoms with van der Waals surface area (Å²) in [6.07, 6.45) is 0. The summed E-state index contributed by atoms with van der Waals surface area (Å²) < 4.78 is 83.4. The topological polar surface area (TPSA) is 411 Å². The van der Waals surface area contributed by atoms with Crippen LogP contribution in [0.4, 0.5) is 34.1 Å². The van der Waals surface area contributed by atoms with E-state index in [9.17, 15) is 66.2 Å². The van der Waals surface area contributed by atoms with Gasteiger partial charge in [0.1, 0.15) is 58.1 Å². The average Bonchev–Trinajstić information content (AvgIpc) is 3.19. The Morgan fingerprint density at radius 1 is 0.738 bits per heavy atom. The molecule has 1 aromatic heterocycles. The number of H-pyrrole nitrogens is 1. The molecule has 0 aliphatic rings. The van der Waals surface area contributed by atoms with Crippen LogP contribution < -0.4 is 15.0 Å². The highest BCUT2D eigenvalue weighted by atomic mass is 32.2. The van der Waals surface area contributed by atoms with Crippen LogP contribution >= 0.6 is 12.0 Å². The van der Waals surface area contributed by atoms with Gasteiger partial charge in [0.2, 0.25) is 5.88 Å². The number of ether oxygens (including phenoxy) is 2. The number of pyridine rings is 1. The number of hydrogen-bond donors (Lipinski definition) is 10. The number of azo groups is 3. The molecule has 0 bridgehead atoms. The van der Waals surface area contributed by atoms with Gasteiger partial charge in [0.15, 0.2) is 11.4 Å². The Labute approximate surface area is 343 Å². The normalized spacial score (nSPS) is 12.3. The number of rotatable bonds is 18. The number of carboxylic acid groups (broad SMARTS) is 1. The number of fused-ring (bicyclic) bond motifs is 1. The van der Waals surface area contributed by atoms with Crippen molar-refractivity contribution in [3.8, 4) is 28.9 Å². The molecule has 5 rings (SSSR count). The van der Waals surface area contributed by atoms with Crippen molar-refractivity contribution in [2.45, 2.75) is 14.7 Å². The van der Waals surface area contributed by atoms with Crippen LogP contribution in [0.5, 0.6) is 28.9 Å². The van der Waals surface area contributed by atoms with Gasteiger partial charge in [-0.15, -0.1) is 29.9 Å². The van der Waals surface area contributed by atoms with Gasteiger partial charge >= 0.3 is 5.97 Å². The van der Waals surface area contributed by atoms with Crippen LogP contribution in [0.2, 0.25) is 0 Å². The Hall–Kier alpha value is -6.67. The van der Waals surface area contributed by atoms with Gasteiger partial charge in [0.25, 0.3) is 25.8 Å². The Morgan fingerprint density at radius 2 is 1.34 bits per heavy atom. The first-order chi connectivity index (χ1) is 28.9. The maximum absolute atomic E-state index is 12.4. The smallest absolute Gasteiger partial charge is 0.338 e. The van der Waals surface area contributed by atoms with Gasteiger partial charge in [-0.3, -0.25) is 18.9 Å². The monoisotopic (exact) mass is 909 g/mol. The van der Waals surface area contributed by atoms with E-state index in [0.717, 1.165) is 42.5 Å². The lowest BCUT2D eigenvalue weighted by Gasteiger charge is -2.13. The van der Waals surface area contributed by atoms with Gasteiger partial charge in [0.05, 0.1) is 51.7 Å². The molecule has 0 radical (unpaired) electrons. The van der Waals surface area contributed by atoms with E-state index in [1.165, 1.54) is 0 Å². The van der Waals surface area contributed by atoms with Gasteiger partial charge in [-0.2, -0.15) is 21.9 Å². The minimum atomic E-state index is -5.10. The van der Waals surface area contributed by atoms with E-state index in [2.05, 4.69) is 40.1 Å². The van der Waals surface area contributed by atoms with E-state index in [0.29, 0.717) is 12.1 Å². The van der Waals surface area contributed by atoms with Gasteiger partial charge in [-0.05, 0) is 35.7 Å². The maximum atomic E-state index is 12.4. The molecule has 0 spiro atoms. The van der Waals surface area contributed by atoms with Crippen LogP contribution in [0.15, 0.2) is 105 Å². The van der Waals surface area contributed by atoms with Crippen molar-refractivity contribution in [3.63, 3.8) is 0 Å². The fourth-order valence-electron chi connectivity index (χ4n) is 5.01. The molecule has 5 aromatic rings. The Kier molecular flexibility index (Phi) is 14.3. The Bertz CT molecular complexity index is 2890. The van der Waals surface area contributed by atoms with Crippen molar-refractivity contribution in [1.29, 1.82) is 0 Å². The number of aromatic nitrogens is 1. The second-order valence-corrected chi connectivity index (χ2v) is 15.1. The summed E-state index contributed by atoms with van der Waals surface area (Å²) in [4.78, 5) is 23.2. The predicted molar refractivity (Wildman–Crippen MR) is 204 cm³/mol. The zero-order valence-electron chi connectivity index (χ0n) is 30.0. The number of hydrogen-bond acceptors (Lipinski definition) is 23. The molecule has 0 saturated heterocycles. The van der Waals surface area contributed by atoms with Crippen LogP contribution in [-0.2, 0) is 29.6 Å². The number of carbonyl (C=O) groups is 1. The number of aliphatic hydroxyl groups is 2. The third-order valence-corrected chi connectivity index (χ3v) is 9.86. The maximum Gasteiger partial charge on any atom is 0.338 e. The third kappa shape index (κ3) is 10.9. The molecule has 1 heterocycles. The number of aromatic carboxylic acids is 1. The second kappa shape index (κ2) is 19.1. The van der Waals surface area contributed by atoms with E-state index in [1.54, 1.807) is 0 Å². The Balaban J connectivity index is 1.60. The lowest BCUT2D eigenvalue weighted by atomic mass is 10.1. The molecule has 0 amide bonds. The van der Waals surface area contributed by atoms with Crippen LogP contribution in [0.1, 0.15) is 10.4 Å². The number of phenols is 2. The van der Waals surface area contributed by atoms with Crippen molar-refractivity contribution >= 4 is 83.1 Å². The molecule has 0 saturated carbocycles. The molecule has 0 aliphatic carbocycles. The second-order valence-electron chi connectivity index (χ2n) is 11.5. The molecular formula is C32H27N7O19S3. The number of nitrogens with one attached hydrogen (secondary N) is 1. The molecule has 0 atom stereocenters. The molecule has 4 aromatic carbocycles. The summed E-state index contributed by atoms with van der Waals surface area (Å²) in [6, 6.07) is 8.40. The molecule has 10 N–H and O–H groups in total. The summed E-state index contributed by atoms with van der Waals surface area (Å²) >= 11 is 0.239. The highest BCUT2D eigenvalue weighted by molar-refractivity contribution is 7.94. The minimum absolute atomic E-state index is 0.161. The van der Waals surface area contributed by atoms with E-state index < -0.39 is 94.8 Å². The summed E-state index contributed by atoms with van der Waals surface area (Å²) in [5.41, 5.74) is -4.15. The molecule has 0 unspecified atom stereocenters. The minimum Gasteiger partial charge on any atom is -0.507 e. The number of aromatic amines is 1. The molecule has 0 aliphatic heterocycles. The van der Waals surface area contributed by atoms with Crippen molar-refractivity contribution in [2.75, 3.05) is 26.4 Å². The van der Waals surface area contributed by atoms with Crippen molar-refractivity contribution in [2.24, 2.45) is 30.7 Å². The quantitative estimate of drug-likeness (QED) is 0.0176. The van der Waals surface area contributed by atoms with Crippen molar-refractivity contribution < 1.29 is 85.5 Å². The lowest BCUT2D eigenvalue weighted by molar-refractivity contribution is -0.432. The van der Waals surface area contributed by atoms with E-state index in [-0.39, 0.29) is 69.5 Å². The highest BCUT2D eigenvalue weighted by Gasteiger charge is 2.23. The number of phenolic OH excluding ortho intramolecular Hbond substituents is 2. The molecule has 0 fully saturated rings. The fraction of sp³-hybridized carbons (Fsp3) is 0.125. The SMILES string of the molecule is O=C(O)c1cc(=O)[nH]c(O)c1N=Nc1ccc(N=Nc2cc(OCCO)c(N=Nc3c(SOOO)cc4cc(S(=O)(=O)O)cc(O)c4c3O)cc2OCCO)c(S(=O)(=O)O)c1. The largest absolute Gasteiger partial charge is 0.507 e. The molecule has 26 nitrogen and oxygen atoms in total.